The molecule has 2 rings (SSSR count). The van der Waals surface area contributed by atoms with Crippen LogP contribution in [0, 0.1) is 6.92 Å². The number of aromatic nitrogens is 1. The fraction of sp³-hybridized carbons (Fsp3) is 0.222. The van der Waals surface area contributed by atoms with Crippen LogP contribution in [0.15, 0.2) is 18.2 Å². The van der Waals surface area contributed by atoms with Gasteiger partial charge >= 0.3 is 0 Å². The number of aryl methyl sites for hydroxylation is 1. The number of fused-ring (bicyclic) bond motifs is 1. The zero-order valence-corrected chi connectivity index (χ0v) is 9.08. The second-order valence-electron chi connectivity index (χ2n) is 2.71. The van der Waals surface area contributed by atoms with E-state index in [1.165, 1.54) is 10.3 Å². The van der Waals surface area contributed by atoms with E-state index < -0.39 is 0 Å². The minimum absolute atomic E-state index is 0.853. The predicted molar refractivity (Wildman–Crippen MR) is 57.0 cm³/mol. The van der Waals surface area contributed by atoms with Gasteiger partial charge in [-0.25, -0.2) is 4.98 Å². The summed E-state index contributed by atoms with van der Waals surface area (Å²) >= 11 is 5.15. The molecule has 0 N–H and O–H groups in total. The molecule has 0 saturated carbocycles. The van der Waals surface area contributed by atoms with E-state index in [1.54, 1.807) is 11.3 Å². The van der Waals surface area contributed by atoms with E-state index in [4.69, 9.17) is 0 Å². The molecule has 1 heterocycles. The summed E-state index contributed by atoms with van der Waals surface area (Å²) in [6, 6.07) is 6.38. The maximum absolute atomic E-state index is 4.46. The molecule has 1 aromatic heterocycles. The second kappa shape index (κ2) is 3.15. The van der Waals surface area contributed by atoms with E-state index >= 15 is 0 Å². The van der Waals surface area contributed by atoms with Gasteiger partial charge in [0, 0.05) is 0 Å². The Balaban J connectivity index is 2.67. The monoisotopic (exact) mass is 241 g/mol. The van der Waals surface area contributed by atoms with Gasteiger partial charge in [-0.15, -0.1) is 11.3 Å². The van der Waals surface area contributed by atoms with E-state index in [2.05, 4.69) is 46.0 Å². The molecule has 0 radical (unpaired) electrons. The summed E-state index contributed by atoms with van der Waals surface area (Å²) in [4.78, 5) is 4.46. The number of alkyl halides is 1. The predicted octanol–water partition coefficient (Wildman–Crippen LogP) is 3.50. The lowest BCUT2D eigenvalue weighted by atomic mass is 10.2. The topological polar surface area (TPSA) is 12.9 Å². The van der Waals surface area contributed by atoms with Gasteiger partial charge in [0.15, 0.2) is 0 Å². The maximum Gasteiger partial charge on any atom is 0.104 e. The highest BCUT2D eigenvalue weighted by atomic mass is 79.9. The normalized spacial score (nSPS) is 10.8. The molecule has 0 unspecified atom stereocenters. The molecule has 3 heteroatoms. The first kappa shape index (κ1) is 8.20. The van der Waals surface area contributed by atoms with Crippen molar-refractivity contribution in [1.29, 1.82) is 0 Å². The highest BCUT2D eigenvalue weighted by Gasteiger charge is 2.01. The molecule has 62 valence electrons. The molecular weight excluding hydrogens is 234 g/mol. The highest BCUT2D eigenvalue weighted by molar-refractivity contribution is 9.08. The molecule has 0 bridgehead atoms. The van der Waals surface area contributed by atoms with Gasteiger partial charge in [0.2, 0.25) is 0 Å². The average Bonchev–Trinajstić information content (AvgIpc) is 2.46. The van der Waals surface area contributed by atoms with Crippen LogP contribution in [0.1, 0.15) is 10.6 Å². The minimum Gasteiger partial charge on any atom is -0.240 e. The van der Waals surface area contributed by atoms with E-state index in [1.807, 2.05) is 0 Å². The Bertz CT molecular complexity index is 408. The summed E-state index contributed by atoms with van der Waals surface area (Å²) in [6.45, 7) is 2.09. The van der Waals surface area contributed by atoms with Crippen molar-refractivity contribution in [3.63, 3.8) is 0 Å². The van der Waals surface area contributed by atoms with Gasteiger partial charge in [0.1, 0.15) is 5.01 Å². The Morgan fingerprint density at radius 3 is 3.08 bits per heavy atom. The van der Waals surface area contributed by atoms with Gasteiger partial charge in [-0.3, -0.25) is 0 Å². The molecule has 12 heavy (non-hydrogen) atoms. The highest BCUT2D eigenvalue weighted by Crippen LogP contribution is 2.24. The number of nitrogens with zero attached hydrogens (tertiary/aromatic N) is 1. The van der Waals surface area contributed by atoms with Crippen LogP contribution in [0.2, 0.25) is 0 Å². The molecule has 0 aliphatic heterocycles. The summed E-state index contributed by atoms with van der Waals surface area (Å²) in [6.07, 6.45) is 0. The second-order valence-corrected chi connectivity index (χ2v) is 4.39. The third-order valence-electron chi connectivity index (χ3n) is 1.70. The minimum atomic E-state index is 0.853. The third-order valence-corrected chi connectivity index (χ3v) is 3.64. The van der Waals surface area contributed by atoms with Crippen LogP contribution in [-0.2, 0) is 5.33 Å². The summed E-state index contributed by atoms with van der Waals surface area (Å²) in [7, 11) is 0. The quantitative estimate of drug-likeness (QED) is 0.697. The Morgan fingerprint density at radius 1 is 1.50 bits per heavy atom. The smallest absolute Gasteiger partial charge is 0.104 e. The lowest BCUT2D eigenvalue weighted by molar-refractivity contribution is 1.32. The van der Waals surface area contributed by atoms with E-state index in [9.17, 15) is 0 Å². The van der Waals surface area contributed by atoms with Crippen molar-refractivity contribution < 1.29 is 0 Å². The van der Waals surface area contributed by atoms with Crippen LogP contribution in [0.5, 0.6) is 0 Å². The lowest BCUT2D eigenvalue weighted by Gasteiger charge is -1.88. The molecular formula is C9H8BrNS. The first-order valence-electron chi connectivity index (χ1n) is 3.71. The zero-order chi connectivity index (χ0) is 8.55. The Hall–Kier alpha value is -0.410. The number of hydrogen-bond acceptors (Lipinski definition) is 2. The van der Waals surface area contributed by atoms with Crippen LogP contribution in [0.4, 0.5) is 0 Å². The summed E-state index contributed by atoms with van der Waals surface area (Å²) in [5.74, 6) is 0. The molecule has 1 nitrogen and oxygen atoms in total. The number of rotatable bonds is 1. The summed E-state index contributed by atoms with van der Waals surface area (Å²) in [5, 5.41) is 2.00. The van der Waals surface area contributed by atoms with Gasteiger partial charge < -0.3 is 0 Å². The van der Waals surface area contributed by atoms with Crippen molar-refractivity contribution in [3.05, 3.63) is 28.8 Å². The molecule has 0 amide bonds. The van der Waals surface area contributed by atoms with Gasteiger partial charge in [-0.05, 0) is 24.6 Å². The van der Waals surface area contributed by atoms with Crippen LogP contribution in [-0.4, -0.2) is 4.98 Å². The molecule has 2 aromatic rings. The Labute approximate surface area is 83.6 Å². The molecule has 0 saturated heterocycles. The Morgan fingerprint density at radius 2 is 2.33 bits per heavy atom. The van der Waals surface area contributed by atoms with Crippen LogP contribution in [0.25, 0.3) is 10.2 Å². The van der Waals surface area contributed by atoms with Crippen LogP contribution in [0.3, 0.4) is 0 Å². The molecule has 0 aliphatic rings. The number of hydrogen-bond donors (Lipinski definition) is 0. The Kier molecular flexibility index (Phi) is 2.15. The standard InChI is InChI=1S/C9H8BrNS/c1-6-2-3-8-7(4-6)11-9(5-10)12-8/h2-4H,5H2,1H3. The number of halogens is 1. The van der Waals surface area contributed by atoms with E-state index in [0.29, 0.717) is 0 Å². The SMILES string of the molecule is Cc1ccc2sc(CBr)nc2c1. The van der Waals surface area contributed by atoms with E-state index in [0.717, 1.165) is 15.9 Å². The fourth-order valence-electron chi connectivity index (χ4n) is 1.14. The van der Waals surface area contributed by atoms with Crippen molar-refractivity contribution in [2.45, 2.75) is 12.3 Å². The van der Waals surface area contributed by atoms with Crippen molar-refractivity contribution in [3.8, 4) is 0 Å². The van der Waals surface area contributed by atoms with Crippen molar-refractivity contribution in [2.75, 3.05) is 0 Å². The zero-order valence-electron chi connectivity index (χ0n) is 6.67. The molecule has 1 aromatic carbocycles. The maximum atomic E-state index is 4.46. The molecule has 0 spiro atoms. The van der Waals surface area contributed by atoms with Crippen LogP contribution < -0.4 is 0 Å². The van der Waals surface area contributed by atoms with Crippen molar-refractivity contribution in [1.82, 2.24) is 4.98 Å². The first-order valence-corrected chi connectivity index (χ1v) is 5.65. The van der Waals surface area contributed by atoms with Gasteiger partial charge in [0.25, 0.3) is 0 Å². The molecule has 0 fully saturated rings. The van der Waals surface area contributed by atoms with Crippen molar-refractivity contribution >= 4 is 37.5 Å². The number of thiazole rings is 1. The largest absolute Gasteiger partial charge is 0.240 e. The van der Waals surface area contributed by atoms with E-state index in [-0.39, 0.29) is 0 Å². The average molecular weight is 242 g/mol. The van der Waals surface area contributed by atoms with Gasteiger partial charge in [0.05, 0.1) is 15.5 Å². The summed E-state index contributed by atoms with van der Waals surface area (Å²) in [5.41, 5.74) is 2.39. The van der Waals surface area contributed by atoms with Crippen molar-refractivity contribution in [2.24, 2.45) is 0 Å². The third kappa shape index (κ3) is 1.39. The molecule has 0 aliphatic carbocycles. The van der Waals surface area contributed by atoms with Gasteiger partial charge in [-0.1, -0.05) is 22.0 Å². The van der Waals surface area contributed by atoms with Crippen LogP contribution >= 0.6 is 27.3 Å². The first-order chi connectivity index (χ1) is 5.79. The number of benzene rings is 1. The fourth-order valence-corrected chi connectivity index (χ4v) is 2.41. The summed E-state index contributed by atoms with van der Waals surface area (Å²) < 4.78 is 1.27. The van der Waals surface area contributed by atoms with Gasteiger partial charge in [-0.2, -0.15) is 0 Å². The lowest BCUT2D eigenvalue weighted by Crippen LogP contribution is -1.73. The molecule has 0 atom stereocenters.